The first kappa shape index (κ1) is 23.4. The topological polar surface area (TPSA) is 69.6 Å². The van der Waals surface area contributed by atoms with Crippen LogP contribution in [0.1, 0.15) is 24.6 Å². The number of amides is 1. The maximum absolute atomic E-state index is 14.2. The molecule has 1 atom stereocenters. The monoisotopic (exact) mass is 492 g/mol. The zero-order chi connectivity index (χ0) is 23.5. The molecule has 1 aliphatic rings. The third-order valence-electron chi connectivity index (χ3n) is 5.60. The Kier molecular flexibility index (Phi) is 7.10. The van der Waals surface area contributed by atoms with Crippen LogP contribution in [0.5, 0.6) is 5.75 Å². The van der Waals surface area contributed by atoms with Gasteiger partial charge in [0.05, 0.1) is 17.1 Å². The van der Waals surface area contributed by atoms with Crippen molar-refractivity contribution in [2.45, 2.75) is 38.8 Å². The van der Waals surface area contributed by atoms with Crippen LogP contribution in [-0.4, -0.2) is 35.7 Å². The maximum atomic E-state index is 14.2. The molecule has 0 fully saturated rings. The molecule has 9 heteroatoms. The minimum absolute atomic E-state index is 0.00444. The van der Waals surface area contributed by atoms with Gasteiger partial charge in [-0.05, 0) is 62.1 Å². The van der Waals surface area contributed by atoms with Gasteiger partial charge in [-0.2, -0.15) is 0 Å². The van der Waals surface area contributed by atoms with E-state index in [1.165, 1.54) is 12.1 Å². The number of hydrogen-bond donors (Lipinski definition) is 1. The molecule has 1 N–H and O–H groups in total. The minimum Gasteiger partial charge on any atom is -0.484 e. The highest BCUT2D eigenvalue weighted by Gasteiger charge is 2.28. The molecular weight excluding hydrogens is 470 g/mol. The number of nitrogens with zero attached hydrogens (tertiary/aromatic N) is 1. The molecule has 1 aromatic heterocycles. The smallest absolute Gasteiger partial charge is 0.325 e. The largest absolute Gasteiger partial charge is 0.484 e. The van der Waals surface area contributed by atoms with E-state index < -0.39 is 5.82 Å². The van der Waals surface area contributed by atoms with Gasteiger partial charge in [0.25, 0.3) is 5.91 Å². The number of carbonyl (C=O) groups excluding carboxylic acids is 2. The summed E-state index contributed by atoms with van der Waals surface area (Å²) in [6, 6.07) is 9.34. The number of hydrogen-bond acceptors (Lipinski definition) is 4. The predicted molar refractivity (Wildman–Crippen MR) is 124 cm³/mol. The number of ether oxygens (including phenoxy) is 2. The third-order valence-corrected chi connectivity index (χ3v) is 6.12. The van der Waals surface area contributed by atoms with Crippen LogP contribution in [0.3, 0.4) is 0 Å². The van der Waals surface area contributed by atoms with Crippen LogP contribution in [0.4, 0.5) is 4.39 Å². The second-order valence-corrected chi connectivity index (χ2v) is 8.70. The minimum atomic E-state index is -0.454. The number of benzene rings is 2. The van der Waals surface area contributed by atoms with Gasteiger partial charge in [-0.3, -0.25) is 9.59 Å². The molecule has 0 bridgehead atoms. The number of aromatic nitrogens is 1. The molecule has 33 heavy (non-hydrogen) atoms. The van der Waals surface area contributed by atoms with Gasteiger partial charge in [-0.25, -0.2) is 4.39 Å². The molecule has 0 saturated heterocycles. The van der Waals surface area contributed by atoms with E-state index in [4.69, 9.17) is 32.7 Å². The molecular formula is C24H23Cl2FN2O4. The lowest BCUT2D eigenvalue weighted by Gasteiger charge is -2.25. The summed E-state index contributed by atoms with van der Waals surface area (Å²) >= 11 is 12.3. The van der Waals surface area contributed by atoms with E-state index in [9.17, 15) is 14.0 Å². The first-order valence-electron chi connectivity index (χ1n) is 10.7. The highest BCUT2D eigenvalue weighted by molar-refractivity contribution is 6.35. The summed E-state index contributed by atoms with van der Waals surface area (Å²) in [6.07, 6.45) is 1.75. The van der Waals surface area contributed by atoms with Crippen LogP contribution < -0.4 is 10.1 Å². The molecule has 1 amide bonds. The number of carbonyl (C=O) groups is 2. The van der Waals surface area contributed by atoms with E-state index in [-0.39, 0.29) is 42.7 Å². The van der Waals surface area contributed by atoms with Crippen molar-refractivity contribution in [1.29, 1.82) is 0 Å². The van der Waals surface area contributed by atoms with E-state index in [0.29, 0.717) is 40.9 Å². The standard InChI is InChI=1S/C24H23Cl2FN2O4/c1-2-32-23(31)12-29-21-7-6-16(11-18(21)19-9-15(27)10-20(26)24(19)29)28-22(30)13-33-17-5-3-4-14(25)8-17/h3-5,8-10,16H,2,6-7,11-13H2,1H3,(H,28,30). The molecule has 3 aromatic rings. The second-order valence-electron chi connectivity index (χ2n) is 7.85. The zero-order valence-electron chi connectivity index (χ0n) is 18.0. The molecule has 0 aliphatic heterocycles. The van der Waals surface area contributed by atoms with Crippen molar-refractivity contribution in [3.05, 3.63) is 63.5 Å². The van der Waals surface area contributed by atoms with Crippen LogP contribution in [-0.2, 0) is 33.7 Å². The summed E-state index contributed by atoms with van der Waals surface area (Å²) in [6.45, 7) is 1.87. The average Bonchev–Trinajstić information content (AvgIpc) is 3.05. The summed E-state index contributed by atoms with van der Waals surface area (Å²) < 4.78 is 26.6. The van der Waals surface area contributed by atoms with E-state index in [2.05, 4.69) is 5.32 Å². The zero-order valence-corrected chi connectivity index (χ0v) is 19.5. The van der Waals surface area contributed by atoms with Crippen LogP contribution in [0, 0.1) is 5.82 Å². The molecule has 0 radical (unpaired) electrons. The number of fused-ring (bicyclic) bond motifs is 3. The van der Waals surface area contributed by atoms with E-state index in [1.54, 1.807) is 31.2 Å². The van der Waals surface area contributed by atoms with Crippen LogP contribution in [0.2, 0.25) is 10.0 Å². The van der Waals surface area contributed by atoms with Gasteiger partial charge in [0, 0.05) is 22.1 Å². The third kappa shape index (κ3) is 5.25. The Bertz CT molecular complexity index is 1210. The summed E-state index contributed by atoms with van der Waals surface area (Å²) in [7, 11) is 0. The van der Waals surface area contributed by atoms with Gasteiger partial charge in [-0.1, -0.05) is 29.3 Å². The average molecular weight is 493 g/mol. The number of esters is 1. The molecule has 0 spiro atoms. The van der Waals surface area contributed by atoms with E-state index in [0.717, 1.165) is 11.3 Å². The second kappa shape index (κ2) is 10.0. The van der Waals surface area contributed by atoms with Gasteiger partial charge >= 0.3 is 5.97 Å². The molecule has 1 heterocycles. The van der Waals surface area contributed by atoms with Crippen molar-refractivity contribution < 1.29 is 23.5 Å². The van der Waals surface area contributed by atoms with Gasteiger partial charge in [0.15, 0.2) is 6.61 Å². The first-order chi connectivity index (χ1) is 15.9. The Morgan fingerprint density at radius 3 is 2.82 bits per heavy atom. The lowest BCUT2D eigenvalue weighted by atomic mass is 9.91. The van der Waals surface area contributed by atoms with Gasteiger partial charge in [0.2, 0.25) is 0 Å². The lowest BCUT2D eigenvalue weighted by Crippen LogP contribution is -2.41. The first-order valence-corrected chi connectivity index (χ1v) is 11.4. The Balaban J connectivity index is 1.53. The maximum Gasteiger partial charge on any atom is 0.325 e. The van der Waals surface area contributed by atoms with E-state index in [1.807, 2.05) is 4.57 Å². The molecule has 6 nitrogen and oxygen atoms in total. The fraction of sp³-hybridized carbons (Fsp3) is 0.333. The van der Waals surface area contributed by atoms with Crippen molar-refractivity contribution in [1.82, 2.24) is 9.88 Å². The van der Waals surface area contributed by atoms with Crippen LogP contribution >= 0.6 is 23.2 Å². The summed E-state index contributed by atoms with van der Waals surface area (Å²) in [5.41, 5.74) is 2.39. The van der Waals surface area contributed by atoms with Gasteiger partial charge in [-0.15, -0.1) is 0 Å². The molecule has 1 aliphatic carbocycles. The van der Waals surface area contributed by atoms with Crippen LogP contribution in [0.25, 0.3) is 10.9 Å². The van der Waals surface area contributed by atoms with Crippen molar-refractivity contribution >= 4 is 46.0 Å². The highest BCUT2D eigenvalue weighted by atomic mass is 35.5. The normalized spacial score (nSPS) is 15.2. The Hall–Kier alpha value is -2.77. The lowest BCUT2D eigenvalue weighted by molar-refractivity contribution is -0.143. The fourth-order valence-electron chi connectivity index (χ4n) is 4.31. The number of nitrogens with one attached hydrogen (secondary N) is 1. The summed E-state index contributed by atoms with van der Waals surface area (Å²) in [4.78, 5) is 24.7. The molecule has 4 rings (SSSR count). The van der Waals surface area contributed by atoms with Crippen LogP contribution in [0.15, 0.2) is 36.4 Å². The van der Waals surface area contributed by atoms with Crippen molar-refractivity contribution in [3.63, 3.8) is 0 Å². The van der Waals surface area contributed by atoms with Gasteiger partial charge < -0.3 is 19.4 Å². The Labute approximate surface area is 200 Å². The van der Waals surface area contributed by atoms with Crippen molar-refractivity contribution in [2.24, 2.45) is 0 Å². The highest BCUT2D eigenvalue weighted by Crippen LogP contribution is 2.36. The van der Waals surface area contributed by atoms with Gasteiger partial charge in [0.1, 0.15) is 18.1 Å². The molecule has 174 valence electrons. The Morgan fingerprint density at radius 1 is 1.24 bits per heavy atom. The SMILES string of the molecule is CCOC(=O)Cn1c2c(c3cc(F)cc(Cl)c31)CC(NC(=O)COc1cccc(Cl)c1)CC2. The number of halogens is 3. The van der Waals surface area contributed by atoms with Crippen molar-refractivity contribution in [3.8, 4) is 5.75 Å². The number of rotatable bonds is 7. The van der Waals surface area contributed by atoms with Crippen molar-refractivity contribution in [2.75, 3.05) is 13.2 Å². The summed E-state index contributed by atoms with van der Waals surface area (Å²) in [5, 5.41) is 4.39. The molecule has 2 aromatic carbocycles. The summed E-state index contributed by atoms with van der Waals surface area (Å²) in [5.74, 6) is -0.588. The predicted octanol–water partition coefficient (Wildman–Crippen LogP) is 4.70. The molecule has 0 saturated carbocycles. The van der Waals surface area contributed by atoms with E-state index >= 15 is 0 Å². The molecule has 1 unspecified atom stereocenters. The Morgan fingerprint density at radius 2 is 2.06 bits per heavy atom. The quantitative estimate of drug-likeness (QED) is 0.485. The fourth-order valence-corrected chi connectivity index (χ4v) is 4.79.